The Kier molecular flexibility index (Phi) is 7.39. The lowest BCUT2D eigenvalue weighted by Gasteiger charge is -2.18. The Balaban J connectivity index is 1.70. The first kappa shape index (κ1) is 23.3. The second-order valence-corrected chi connectivity index (χ2v) is 8.62. The molecule has 4 rings (SSSR count). The molecular formula is C26H25N5O2S. The summed E-state index contributed by atoms with van der Waals surface area (Å²) in [5, 5.41) is 11.9. The zero-order valence-corrected chi connectivity index (χ0v) is 19.8. The number of methoxy groups -OCH3 is 1. The minimum Gasteiger partial charge on any atom is -0.495 e. The number of benzene rings is 2. The Labute approximate surface area is 202 Å². The Morgan fingerprint density at radius 1 is 1.15 bits per heavy atom. The molecule has 4 aromatic rings. The van der Waals surface area contributed by atoms with Crippen LogP contribution in [-0.2, 0) is 11.3 Å². The molecular weight excluding hydrogens is 446 g/mol. The van der Waals surface area contributed by atoms with E-state index in [0.29, 0.717) is 29.0 Å². The quantitative estimate of drug-likeness (QED) is 0.263. The largest absolute Gasteiger partial charge is 0.495 e. The van der Waals surface area contributed by atoms with E-state index in [1.807, 2.05) is 72.2 Å². The van der Waals surface area contributed by atoms with Gasteiger partial charge >= 0.3 is 0 Å². The molecule has 0 bridgehead atoms. The first-order chi connectivity index (χ1) is 16.6. The summed E-state index contributed by atoms with van der Waals surface area (Å²) < 4.78 is 7.39. The molecule has 0 radical (unpaired) electrons. The van der Waals surface area contributed by atoms with Gasteiger partial charge in [-0.15, -0.1) is 16.8 Å². The number of hydrogen-bond acceptors (Lipinski definition) is 6. The van der Waals surface area contributed by atoms with Crippen molar-refractivity contribution in [2.75, 3.05) is 12.4 Å². The highest BCUT2D eigenvalue weighted by molar-refractivity contribution is 8.00. The Morgan fingerprint density at radius 2 is 1.91 bits per heavy atom. The summed E-state index contributed by atoms with van der Waals surface area (Å²) in [6.45, 7) is 6.35. The van der Waals surface area contributed by atoms with Crippen LogP contribution in [0.2, 0.25) is 0 Å². The molecule has 2 aromatic carbocycles. The van der Waals surface area contributed by atoms with Gasteiger partial charge < -0.3 is 10.1 Å². The average molecular weight is 472 g/mol. The molecule has 0 aliphatic heterocycles. The predicted molar refractivity (Wildman–Crippen MR) is 135 cm³/mol. The lowest BCUT2D eigenvalue weighted by Crippen LogP contribution is -2.20. The number of aryl methyl sites for hydroxylation is 1. The van der Waals surface area contributed by atoms with E-state index in [2.05, 4.69) is 27.1 Å². The maximum absolute atomic E-state index is 13.6. The summed E-state index contributed by atoms with van der Waals surface area (Å²) in [6, 6.07) is 19.1. The number of carbonyl (C=O) groups excluding carboxylic acids is 1. The summed E-state index contributed by atoms with van der Waals surface area (Å²) in [5.74, 6) is 1.11. The van der Waals surface area contributed by atoms with Gasteiger partial charge in [0.2, 0.25) is 5.91 Å². The summed E-state index contributed by atoms with van der Waals surface area (Å²) in [4.78, 5) is 17.6. The van der Waals surface area contributed by atoms with Gasteiger partial charge in [-0.2, -0.15) is 0 Å². The van der Waals surface area contributed by atoms with Crippen LogP contribution >= 0.6 is 11.8 Å². The molecule has 0 saturated carbocycles. The van der Waals surface area contributed by atoms with E-state index in [-0.39, 0.29) is 5.91 Å². The number of aromatic nitrogens is 4. The molecule has 1 atom stereocenters. The third-order valence-electron chi connectivity index (χ3n) is 5.14. The number of allylic oxidation sites excluding steroid dienone is 1. The zero-order valence-electron chi connectivity index (χ0n) is 19.0. The number of pyridine rings is 1. The summed E-state index contributed by atoms with van der Waals surface area (Å²) in [5.41, 5.74) is 3.39. The SMILES string of the molecule is C=CCn1c(S[C@H](C(=O)Nc2cc(C)ccc2OC)c2ccccc2)nnc1-c1ccncc1. The number of nitrogens with one attached hydrogen (secondary N) is 1. The Bertz CT molecular complexity index is 1280. The number of thioether (sulfide) groups is 1. The van der Waals surface area contributed by atoms with Crippen molar-refractivity contribution in [3.8, 4) is 17.1 Å². The second-order valence-electron chi connectivity index (χ2n) is 7.54. The number of nitrogens with zero attached hydrogens (tertiary/aromatic N) is 4. The van der Waals surface area contributed by atoms with Crippen LogP contribution in [0.4, 0.5) is 5.69 Å². The van der Waals surface area contributed by atoms with Crippen molar-refractivity contribution >= 4 is 23.4 Å². The van der Waals surface area contributed by atoms with E-state index >= 15 is 0 Å². The van der Waals surface area contributed by atoms with Crippen molar-refractivity contribution < 1.29 is 9.53 Å². The van der Waals surface area contributed by atoms with Gasteiger partial charge in [0, 0.05) is 24.5 Å². The van der Waals surface area contributed by atoms with Crippen molar-refractivity contribution in [2.45, 2.75) is 23.9 Å². The van der Waals surface area contributed by atoms with Crippen molar-refractivity contribution in [3.05, 3.63) is 96.8 Å². The molecule has 0 spiro atoms. The third-order valence-corrected chi connectivity index (χ3v) is 6.38. The first-order valence-corrected chi connectivity index (χ1v) is 11.6. The smallest absolute Gasteiger partial charge is 0.242 e. The van der Waals surface area contributed by atoms with Crippen molar-refractivity contribution in [3.63, 3.8) is 0 Å². The van der Waals surface area contributed by atoms with E-state index in [0.717, 1.165) is 16.7 Å². The first-order valence-electron chi connectivity index (χ1n) is 10.7. The third kappa shape index (κ3) is 5.18. The van der Waals surface area contributed by atoms with Crippen LogP contribution in [-0.4, -0.2) is 32.8 Å². The normalized spacial score (nSPS) is 11.6. The number of carbonyl (C=O) groups is 1. The molecule has 8 heteroatoms. The summed E-state index contributed by atoms with van der Waals surface area (Å²) in [7, 11) is 1.59. The molecule has 0 fully saturated rings. The number of amides is 1. The van der Waals surface area contributed by atoms with E-state index in [1.165, 1.54) is 11.8 Å². The van der Waals surface area contributed by atoms with Crippen LogP contribution in [0.25, 0.3) is 11.4 Å². The van der Waals surface area contributed by atoms with Gasteiger partial charge in [0.25, 0.3) is 0 Å². The highest BCUT2D eigenvalue weighted by Crippen LogP contribution is 2.37. The lowest BCUT2D eigenvalue weighted by atomic mass is 10.1. The van der Waals surface area contributed by atoms with Gasteiger partial charge in [-0.1, -0.05) is 54.2 Å². The fourth-order valence-electron chi connectivity index (χ4n) is 3.51. The molecule has 2 heterocycles. The fraction of sp³-hybridized carbons (Fsp3) is 0.154. The maximum atomic E-state index is 13.6. The van der Waals surface area contributed by atoms with Crippen molar-refractivity contribution in [1.82, 2.24) is 19.7 Å². The monoisotopic (exact) mass is 471 g/mol. The molecule has 0 aliphatic carbocycles. The molecule has 172 valence electrons. The molecule has 1 amide bonds. The number of ether oxygens (including phenoxy) is 1. The minimum absolute atomic E-state index is 0.182. The Morgan fingerprint density at radius 3 is 2.62 bits per heavy atom. The molecule has 2 aromatic heterocycles. The zero-order chi connectivity index (χ0) is 23.9. The number of hydrogen-bond donors (Lipinski definition) is 1. The van der Waals surface area contributed by atoms with Crippen LogP contribution in [0.15, 0.2) is 90.9 Å². The number of anilines is 1. The van der Waals surface area contributed by atoms with E-state index in [1.54, 1.807) is 25.6 Å². The highest BCUT2D eigenvalue weighted by Gasteiger charge is 2.26. The average Bonchev–Trinajstić information content (AvgIpc) is 3.26. The van der Waals surface area contributed by atoms with Gasteiger partial charge in [-0.25, -0.2) is 0 Å². The van der Waals surface area contributed by atoms with Crippen LogP contribution in [0.5, 0.6) is 5.75 Å². The maximum Gasteiger partial charge on any atom is 0.242 e. The van der Waals surface area contributed by atoms with Crippen molar-refractivity contribution in [1.29, 1.82) is 0 Å². The molecule has 0 aliphatic rings. The predicted octanol–water partition coefficient (Wildman–Crippen LogP) is 5.32. The molecule has 34 heavy (non-hydrogen) atoms. The number of rotatable bonds is 9. The molecule has 0 saturated heterocycles. The topological polar surface area (TPSA) is 81.9 Å². The molecule has 1 N–H and O–H groups in total. The summed E-state index contributed by atoms with van der Waals surface area (Å²) in [6.07, 6.45) is 5.21. The minimum atomic E-state index is -0.565. The van der Waals surface area contributed by atoms with E-state index in [9.17, 15) is 4.79 Å². The van der Waals surface area contributed by atoms with Crippen LogP contribution in [0.3, 0.4) is 0 Å². The van der Waals surface area contributed by atoms with Crippen LogP contribution in [0, 0.1) is 6.92 Å². The van der Waals surface area contributed by atoms with E-state index in [4.69, 9.17) is 4.74 Å². The Hall–Kier alpha value is -3.91. The van der Waals surface area contributed by atoms with Gasteiger partial charge in [-0.05, 0) is 42.3 Å². The van der Waals surface area contributed by atoms with Gasteiger partial charge in [0.15, 0.2) is 11.0 Å². The fourth-order valence-corrected chi connectivity index (χ4v) is 4.55. The standard InChI is InChI=1S/C26H25N5O2S/c1-4-16-31-24(20-12-14-27-15-13-20)29-30-26(31)34-23(19-8-6-5-7-9-19)25(32)28-21-17-18(2)10-11-22(21)33-3/h4-15,17,23H,1,16H2,2-3H3,(H,28,32)/t23-/m0/s1. The molecule has 0 unspecified atom stereocenters. The van der Waals surface area contributed by atoms with Crippen LogP contribution in [0.1, 0.15) is 16.4 Å². The van der Waals surface area contributed by atoms with Crippen molar-refractivity contribution in [2.24, 2.45) is 0 Å². The molecule has 7 nitrogen and oxygen atoms in total. The second kappa shape index (κ2) is 10.8. The highest BCUT2D eigenvalue weighted by atomic mass is 32.2. The van der Waals surface area contributed by atoms with Crippen LogP contribution < -0.4 is 10.1 Å². The van der Waals surface area contributed by atoms with Gasteiger partial charge in [0.05, 0.1) is 12.8 Å². The van der Waals surface area contributed by atoms with Gasteiger partial charge in [-0.3, -0.25) is 14.3 Å². The summed E-state index contributed by atoms with van der Waals surface area (Å²) >= 11 is 1.34. The lowest BCUT2D eigenvalue weighted by molar-refractivity contribution is -0.115. The van der Waals surface area contributed by atoms with Gasteiger partial charge in [0.1, 0.15) is 11.0 Å². The van der Waals surface area contributed by atoms with E-state index < -0.39 is 5.25 Å².